The molecule has 0 aliphatic rings. The minimum Gasteiger partial charge on any atom is -0.496 e. The monoisotopic (exact) mass is 212 g/mol. The Kier molecular flexibility index (Phi) is 3.09. The van der Waals surface area contributed by atoms with Gasteiger partial charge in [0.25, 0.3) is 0 Å². The predicted octanol–water partition coefficient (Wildman–Crippen LogP) is 1.79. The molecule has 0 spiro atoms. The average Bonchev–Trinajstić information content (AvgIpc) is 2.15. The lowest BCUT2D eigenvalue weighted by molar-refractivity contribution is 0.0484. The molecule has 1 rings (SSSR count). The molecule has 0 heterocycles. The van der Waals surface area contributed by atoms with E-state index in [-0.39, 0.29) is 11.3 Å². The van der Waals surface area contributed by atoms with Crippen molar-refractivity contribution in [3.8, 4) is 5.75 Å². The van der Waals surface area contributed by atoms with Crippen LogP contribution in [0.5, 0.6) is 5.75 Å². The third kappa shape index (κ3) is 2.53. The van der Waals surface area contributed by atoms with Crippen LogP contribution in [0.25, 0.3) is 0 Å². The summed E-state index contributed by atoms with van der Waals surface area (Å²) in [6, 6.07) is 3.60. The summed E-state index contributed by atoms with van der Waals surface area (Å²) in [7, 11) is 1.38. The van der Waals surface area contributed by atoms with Crippen molar-refractivity contribution in [3.63, 3.8) is 0 Å². The Labute approximate surface area is 87.5 Å². The van der Waals surface area contributed by atoms with Gasteiger partial charge in [0, 0.05) is 0 Å². The quantitative estimate of drug-likeness (QED) is 0.777. The van der Waals surface area contributed by atoms with Gasteiger partial charge in [-0.1, -0.05) is 0 Å². The van der Waals surface area contributed by atoms with E-state index in [9.17, 15) is 14.3 Å². The molecule has 0 bridgehead atoms. The van der Waals surface area contributed by atoms with Crippen molar-refractivity contribution in [3.05, 3.63) is 29.6 Å². The molecule has 0 saturated heterocycles. The van der Waals surface area contributed by atoms with Crippen molar-refractivity contribution >= 4 is 5.78 Å². The first-order valence-corrected chi connectivity index (χ1v) is 4.47. The molecule has 0 aliphatic heterocycles. The number of ether oxygens (including phenoxy) is 1. The van der Waals surface area contributed by atoms with Crippen molar-refractivity contribution in [1.82, 2.24) is 0 Å². The Morgan fingerprint density at radius 1 is 1.47 bits per heavy atom. The zero-order valence-electron chi connectivity index (χ0n) is 8.87. The number of benzene rings is 1. The predicted molar refractivity (Wildman–Crippen MR) is 53.6 cm³/mol. The molecular weight excluding hydrogens is 199 g/mol. The molecule has 0 atom stereocenters. The van der Waals surface area contributed by atoms with E-state index in [4.69, 9.17) is 4.74 Å². The molecule has 1 aromatic rings. The van der Waals surface area contributed by atoms with Gasteiger partial charge in [0.1, 0.15) is 17.2 Å². The highest BCUT2D eigenvalue weighted by Crippen LogP contribution is 2.23. The van der Waals surface area contributed by atoms with E-state index < -0.39 is 17.2 Å². The van der Waals surface area contributed by atoms with E-state index in [1.165, 1.54) is 33.1 Å². The van der Waals surface area contributed by atoms with E-state index in [0.29, 0.717) is 0 Å². The van der Waals surface area contributed by atoms with Gasteiger partial charge in [0.2, 0.25) is 0 Å². The highest BCUT2D eigenvalue weighted by atomic mass is 19.1. The number of methoxy groups -OCH3 is 1. The number of hydrogen-bond donors (Lipinski definition) is 1. The maximum Gasteiger partial charge on any atom is 0.197 e. The number of halogens is 1. The third-order valence-corrected chi connectivity index (χ3v) is 1.96. The van der Waals surface area contributed by atoms with Crippen LogP contribution in [0.15, 0.2) is 18.2 Å². The molecule has 82 valence electrons. The first-order chi connectivity index (χ1) is 6.86. The number of Topliss-reactive ketones (excluding diaryl/α,β-unsaturated/α-hetero) is 1. The molecule has 0 aromatic heterocycles. The van der Waals surface area contributed by atoms with Crippen LogP contribution in [0.1, 0.15) is 24.2 Å². The zero-order chi connectivity index (χ0) is 11.6. The number of aliphatic hydroxyl groups is 1. The molecule has 0 fully saturated rings. The molecule has 1 N–H and O–H groups in total. The Morgan fingerprint density at radius 2 is 2.07 bits per heavy atom. The number of carbonyl (C=O) groups is 1. The van der Waals surface area contributed by atoms with Gasteiger partial charge in [-0.05, 0) is 32.0 Å². The van der Waals surface area contributed by atoms with Crippen LogP contribution in [0.4, 0.5) is 4.39 Å². The van der Waals surface area contributed by atoms with E-state index in [1.54, 1.807) is 0 Å². The Hall–Kier alpha value is -1.42. The van der Waals surface area contributed by atoms with Crippen LogP contribution in [-0.2, 0) is 0 Å². The van der Waals surface area contributed by atoms with Gasteiger partial charge in [-0.2, -0.15) is 0 Å². The van der Waals surface area contributed by atoms with Crippen LogP contribution in [0, 0.1) is 5.82 Å². The summed E-state index contributed by atoms with van der Waals surface area (Å²) in [6.45, 7) is 2.69. The van der Waals surface area contributed by atoms with Crippen molar-refractivity contribution in [2.24, 2.45) is 0 Å². The summed E-state index contributed by atoms with van der Waals surface area (Å²) in [6.07, 6.45) is 0. The van der Waals surface area contributed by atoms with Crippen LogP contribution in [0.2, 0.25) is 0 Å². The number of carbonyl (C=O) groups excluding carboxylic acids is 1. The van der Waals surface area contributed by atoms with Crippen LogP contribution >= 0.6 is 0 Å². The second kappa shape index (κ2) is 3.98. The van der Waals surface area contributed by atoms with Gasteiger partial charge in [0.05, 0.1) is 12.7 Å². The Morgan fingerprint density at radius 3 is 2.53 bits per heavy atom. The third-order valence-electron chi connectivity index (χ3n) is 1.96. The molecule has 0 amide bonds. The van der Waals surface area contributed by atoms with Gasteiger partial charge in [0.15, 0.2) is 5.78 Å². The Balaban J connectivity index is 3.23. The van der Waals surface area contributed by atoms with Gasteiger partial charge < -0.3 is 9.84 Å². The first-order valence-electron chi connectivity index (χ1n) is 4.47. The maximum absolute atomic E-state index is 12.9. The molecule has 3 nitrogen and oxygen atoms in total. The molecule has 4 heteroatoms. The minimum absolute atomic E-state index is 0.0463. The molecule has 1 aromatic carbocycles. The fraction of sp³-hybridized carbons (Fsp3) is 0.364. The topological polar surface area (TPSA) is 46.5 Å². The second-order valence-corrected chi connectivity index (χ2v) is 3.73. The normalized spacial score (nSPS) is 11.3. The molecule has 0 radical (unpaired) electrons. The van der Waals surface area contributed by atoms with E-state index in [1.807, 2.05) is 0 Å². The SMILES string of the molecule is COc1ccc(F)cc1C(=O)C(C)(C)O. The standard InChI is InChI=1S/C11H13FO3/c1-11(2,14)10(13)8-6-7(12)4-5-9(8)15-3/h4-6,14H,1-3H3. The molecule has 0 saturated carbocycles. The second-order valence-electron chi connectivity index (χ2n) is 3.73. The number of hydrogen-bond acceptors (Lipinski definition) is 3. The van der Waals surface area contributed by atoms with Gasteiger partial charge in [-0.25, -0.2) is 4.39 Å². The first kappa shape index (κ1) is 11.7. The summed E-state index contributed by atoms with van der Waals surface area (Å²) in [5.74, 6) is -0.856. The van der Waals surface area contributed by atoms with Crippen molar-refractivity contribution in [2.45, 2.75) is 19.4 Å². The minimum atomic E-state index is -1.54. The van der Waals surface area contributed by atoms with Gasteiger partial charge >= 0.3 is 0 Å². The summed E-state index contributed by atoms with van der Waals surface area (Å²) < 4.78 is 17.9. The molecule has 15 heavy (non-hydrogen) atoms. The lowest BCUT2D eigenvalue weighted by Crippen LogP contribution is -2.31. The van der Waals surface area contributed by atoms with Gasteiger partial charge in [-0.15, -0.1) is 0 Å². The summed E-state index contributed by atoms with van der Waals surface area (Å²) in [5, 5.41) is 9.52. The molecular formula is C11H13FO3. The lowest BCUT2D eigenvalue weighted by atomic mass is 9.96. The lowest BCUT2D eigenvalue weighted by Gasteiger charge is -2.17. The summed E-state index contributed by atoms with van der Waals surface area (Å²) >= 11 is 0. The Bertz CT molecular complexity index is 380. The van der Waals surface area contributed by atoms with E-state index >= 15 is 0 Å². The average molecular weight is 212 g/mol. The highest BCUT2D eigenvalue weighted by molar-refractivity contribution is 6.03. The number of rotatable bonds is 3. The van der Waals surface area contributed by atoms with Crippen LogP contribution in [0.3, 0.4) is 0 Å². The van der Waals surface area contributed by atoms with Crippen molar-refractivity contribution in [1.29, 1.82) is 0 Å². The van der Waals surface area contributed by atoms with Crippen LogP contribution < -0.4 is 4.74 Å². The van der Waals surface area contributed by atoms with E-state index in [0.717, 1.165) is 6.07 Å². The van der Waals surface area contributed by atoms with Gasteiger partial charge in [-0.3, -0.25) is 4.79 Å². The van der Waals surface area contributed by atoms with E-state index in [2.05, 4.69) is 0 Å². The fourth-order valence-corrected chi connectivity index (χ4v) is 1.19. The van der Waals surface area contributed by atoms with Crippen LogP contribution in [-0.4, -0.2) is 23.6 Å². The fourth-order valence-electron chi connectivity index (χ4n) is 1.19. The summed E-state index contributed by atoms with van der Waals surface area (Å²) in [4.78, 5) is 11.7. The molecule has 0 aliphatic carbocycles. The maximum atomic E-state index is 12.9. The summed E-state index contributed by atoms with van der Waals surface area (Å²) in [5.41, 5.74) is -1.49. The number of ketones is 1. The smallest absolute Gasteiger partial charge is 0.197 e. The molecule has 0 unspecified atom stereocenters. The zero-order valence-corrected chi connectivity index (χ0v) is 8.87. The largest absolute Gasteiger partial charge is 0.496 e. The highest BCUT2D eigenvalue weighted by Gasteiger charge is 2.28. The van der Waals surface area contributed by atoms with Crippen molar-refractivity contribution in [2.75, 3.05) is 7.11 Å². The van der Waals surface area contributed by atoms with Crippen molar-refractivity contribution < 1.29 is 19.0 Å².